The fourth-order valence-corrected chi connectivity index (χ4v) is 2.55. The molecular weight excluding hydrogens is 353 g/mol. The number of hydrogen-bond acceptors (Lipinski definition) is 6. The van der Waals surface area contributed by atoms with Crippen LogP contribution in [0.25, 0.3) is 6.08 Å². The Bertz CT molecular complexity index is 553. The van der Waals surface area contributed by atoms with Crippen molar-refractivity contribution in [1.82, 2.24) is 9.97 Å². The minimum atomic E-state index is -0.902. The van der Waals surface area contributed by atoms with E-state index in [0.29, 0.717) is 5.56 Å². The lowest BCUT2D eigenvalue weighted by molar-refractivity contribution is 0.00545. The number of aliphatic hydroxyl groups is 2. The number of anilines is 1. The summed E-state index contributed by atoms with van der Waals surface area (Å²) < 4.78 is 5.44. The molecule has 1 aliphatic rings. The number of H-pyrrole nitrogens is 1. The molecule has 1 aromatic rings. The van der Waals surface area contributed by atoms with Crippen LogP contribution in [0, 0.1) is 0 Å². The quantitative estimate of drug-likeness (QED) is 0.568. The highest BCUT2D eigenvalue weighted by molar-refractivity contribution is 9.09. The Kier molecular flexibility index (Phi) is 5.17. The fraction of sp³-hybridized carbons (Fsp3) is 0.455. The molecule has 0 saturated carbocycles. The van der Waals surface area contributed by atoms with Gasteiger partial charge in [-0.3, -0.25) is 0 Å². The first-order valence-corrected chi connectivity index (χ1v) is 7.13. The molecule has 2 rings (SSSR count). The summed E-state index contributed by atoms with van der Waals surface area (Å²) in [5, 5.41) is 22.0. The average Bonchev–Trinajstić information content (AvgIpc) is 2.70. The molecule has 1 saturated heterocycles. The Morgan fingerprint density at radius 1 is 1.65 bits per heavy atom. The molecule has 0 unspecified atom stereocenters. The highest BCUT2D eigenvalue weighted by Crippen LogP contribution is 2.28. The zero-order valence-corrected chi connectivity index (χ0v) is 12.5. The molecule has 0 aliphatic carbocycles. The number of aromatic amines is 1. The van der Waals surface area contributed by atoms with E-state index >= 15 is 0 Å². The molecule has 1 fully saturated rings. The van der Waals surface area contributed by atoms with Gasteiger partial charge in [0.15, 0.2) is 6.23 Å². The highest BCUT2D eigenvalue weighted by Gasteiger charge is 2.42. The fourth-order valence-electron chi connectivity index (χ4n) is 1.85. The van der Waals surface area contributed by atoms with Crippen molar-refractivity contribution in [3.63, 3.8) is 0 Å². The van der Waals surface area contributed by atoms with Gasteiger partial charge in [0, 0.05) is 17.3 Å². The van der Waals surface area contributed by atoms with Crippen LogP contribution in [-0.2, 0) is 4.74 Å². The van der Waals surface area contributed by atoms with E-state index < -0.39 is 29.0 Å². The highest BCUT2D eigenvalue weighted by atomic mass is 79.9. The molecule has 4 atom stereocenters. The Hall–Kier alpha value is -0.930. The lowest BCUT2D eigenvalue weighted by Crippen LogP contribution is -2.34. The summed E-state index contributed by atoms with van der Waals surface area (Å²) in [5.41, 5.74) is 1.27. The summed E-state index contributed by atoms with van der Waals surface area (Å²) in [6.07, 6.45) is 0.724. The van der Waals surface area contributed by atoms with Crippen LogP contribution in [0.3, 0.4) is 0 Å². The van der Waals surface area contributed by atoms with Crippen LogP contribution in [0.4, 0.5) is 5.82 Å². The Morgan fingerprint density at radius 3 is 3.00 bits per heavy atom. The van der Waals surface area contributed by atoms with Crippen LogP contribution in [0.15, 0.2) is 16.5 Å². The van der Waals surface area contributed by atoms with Crippen molar-refractivity contribution in [2.24, 2.45) is 0 Å². The molecule has 9 heteroatoms. The number of halogens is 2. The Labute approximate surface area is 127 Å². The van der Waals surface area contributed by atoms with Crippen molar-refractivity contribution in [2.75, 3.05) is 11.9 Å². The summed E-state index contributed by atoms with van der Waals surface area (Å²) in [6, 6.07) is 0. The van der Waals surface area contributed by atoms with Crippen molar-refractivity contribution >= 4 is 39.4 Å². The second kappa shape index (κ2) is 6.68. The lowest BCUT2D eigenvalue weighted by Gasteiger charge is -2.18. The average molecular weight is 367 g/mol. The van der Waals surface area contributed by atoms with E-state index in [1.165, 1.54) is 17.8 Å². The largest absolute Gasteiger partial charge is 0.394 e. The van der Waals surface area contributed by atoms with Crippen LogP contribution >= 0.6 is 27.5 Å². The maximum absolute atomic E-state index is 11.3. The normalized spacial score (nSPS) is 30.0. The predicted octanol–water partition coefficient (Wildman–Crippen LogP) is 0.233. The number of rotatable bonds is 4. The van der Waals surface area contributed by atoms with Crippen LogP contribution in [-0.4, -0.2) is 50.1 Å². The lowest BCUT2D eigenvalue weighted by atomic mass is 10.2. The van der Waals surface area contributed by atoms with Gasteiger partial charge >= 0.3 is 5.69 Å². The van der Waals surface area contributed by atoms with Gasteiger partial charge in [0.2, 0.25) is 0 Å². The van der Waals surface area contributed by atoms with E-state index in [2.05, 4.69) is 31.2 Å². The van der Waals surface area contributed by atoms with Crippen LogP contribution in [0.1, 0.15) is 5.56 Å². The molecule has 0 aromatic carbocycles. The zero-order valence-electron chi connectivity index (χ0n) is 10.2. The molecule has 110 valence electrons. The predicted molar refractivity (Wildman–Crippen MR) is 77.8 cm³/mol. The molecule has 0 spiro atoms. The second-order valence-corrected chi connectivity index (χ2v) is 5.47. The third-order valence-electron chi connectivity index (χ3n) is 2.85. The third kappa shape index (κ3) is 3.21. The number of hydrogen-bond donors (Lipinski definition) is 4. The maximum atomic E-state index is 11.3. The van der Waals surface area contributed by atoms with Gasteiger partial charge in [-0.2, -0.15) is 4.98 Å². The number of nitrogens with one attached hydrogen (secondary N) is 2. The minimum Gasteiger partial charge on any atom is -0.394 e. The first-order valence-electron chi connectivity index (χ1n) is 5.78. The van der Waals surface area contributed by atoms with Crippen LogP contribution in [0.5, 0.6) is 0 Å². The topological polar surface area (TPSA) is 107 Å². The van der Waals surface area contributed by atoms with Gasteiger partial charge in [-0.25, -0.2) is 4.79 Å². The van der Waals surface area contributed by atoms with Crippen LogP contribution in [0.2, 0.25) is 0 Å². The van der Waals surface area contributed by atoms with Gasteiger partial charge in [0.1, 0.15) is 11.9 Å². The third-order valence-corrected chi connectivity index (χ3v) is 4.11. The number of aromatic nitrogens is 2. The molecule has 0 amide bonds. The van der Waals surface area contributed by atoms with E-state index in [1.54, 1.807) is 0 Å². The summed E-state index contributed by atoms with van der Waals surface area (Å²) in [5.74, 6) is 0.230. The van der Waals surface area contributed by atoms with Gasteiger partial charge in [0.25, 0.3) is 0 Å². The molecule has 0 bridgehead atoms. The Morgan fingerprint density at radius 2 is 2.40 bits per heavy atom. The van der Waals surface area contributed by atoms with E-state index in [4.69, 9.17) is 21.4 Å². The standard InChI is InChI=1S/C11H13BrClN3O4/c12-7-6(4-17)20-10(8(7)18)15-9-5(1-2-13)3-14-11(19)16-9/h1-3,6-8,10,17-18H,4H2,(H2,14,15,16,19)/t6-,7+,8-,10-/m1/s1. The number of aliphatic hydroxyl groups excluding tert-OH is 2. The monoisotopic (exact) mass is 365 g/mol. The molecule has 20 heavy (non-hydrogen) atoms. The van der Waals surface area contributed by atoms with Gasteiger partial charge in [-0.1, -0.05) is 27.5 Å². The van der Waals surface area contributed by atoms with E-state index in [0.717, 1.165) is 0 Å². The molecule has 4 N–H and O–H groups in total. The SMILES string of the molecule is O=c1nc(N[C@@H]2O[C@H](CO)[C@H](Br)[C@H]2O)c(C=CCl)c[nH]1. The minimum absolute atomic E-state index is 0.230. The summed E-state index contributed by atoms with van der Waals surface area (Å²) in [7, 11) is 0. The molecule has 0 radical (unpaired) electrons. The zero-order chi connectivity index (χ0) is 14.7. The van der Waals surface area contributed by atoms with E-state index in [1.807, 2.05) is 0 Å². The summed E-state index contributed by atoms with van der Waals surface area (Å²) in [6.45, 7) is -0.234. The first kappa shape index (κ1) is 15.5. The van der Waals surface area contributed by atoms with E-state index in [-0.39, 0.29) is 12.4 Å². The van der Waals surface area contributed by atoms with E-state index in [9.17, 15) is 9.90 Å². The van der Waals surface area contributed by atoms with Crippen LogP contribution < -0.4 is 11.0 Å². The number of nitrogens with zero attached hydrogens (tertiary/aromatic N) is 1. The number of alkyl halides is 1. The molecule has 1 aromatic heterocycles. The van der Waals surface area contributed by atoms with Gasteiger partial charge < -0.3 is 25.3 Å². The summed E-state index contributed by atoms with van der Waals surface area (Å²) in [4.78, 5) is 17.0. The molecule has 7 nitrogen and oxygen atoms in total. The van der Waals surface area contributed by atoms with Gasteiger partial charge in [0.05, 0.1) is 17.5 Å². The number of ether oxygens (including phenoxy) is 1. The van der Waals surface area contributed by atoms with Crippen molar-refractivity contribution in [1.29, 1.82) is 0 Å². The maximum Gasteiger partial charge on any atom is 0.346 e. The smallest absolute Gasteiger partial charge is 0.346 e. The Balaban J connectivity index is 2.22. The van der Waals surface area contributed by atoms with Crippen molar-refractivity contribution < 1.29 is 14.9 Å². The van der Waals surface area contributed by atoms with Crippen molar-refractivity contribution in [2.45, 2.75) is 23.3 Å². The van der Waals surface area contributed by atoms with Gasteiger partial charge in [-0.05, 0) is 6.08 Å². The molecule has 1 aliphatic heterocycles. The summed E-state index contributed by atoms with van der Waals surface area (Å²) >= 11 is 8.76. The second-order valence-electron chi connectivity index (χ2n) is 4.16. The molecule has 2 heterocycles. The van der Waals surface area contributed by atoms with Crippen molar-refractivity contribution in [3.8, 4) is 0 Å². The first-order chi connectivity index (χ1) is 9.56. The van der Waals surface area contributed by atoms with Crippen molar-refractivity contribution in [3.05, 3.63) is 27.8 Å². The molecular formula is C11H13BrClN3O4. The van der Waals surface area contributed by atoms with Gasteiger partial charge in [-0.15, -0.1) is 0 Å².